The molecule has 0 unspecified atom stereocenters. The quantitative estimate of drug-likeness (QED) is 0.438. The van der Waals surface area contributed by atoms with Gasteiger partial charge in [-0.05, 0) is 63.0 Å². The molecule has 0 aliphatic carbocycles. The number of carbonyl (C=O) groups excluding carboxylic acids is 1. The number of piperidine rings is 1. The Hall–Kier alpha value is -3.78. The van der Waals surface area contributed by atoms with E-state index in [1.165, 1.54) is 0 Å². The van der Waals surface area contributed by atoms with Gasteiger partial charge in [0.15, 0.2) is 0 Å². The molecule has 1 fully saturated rings. The van der Waals surface area contributed by atoms with Gasteiger partial charge in [0, 0.05) is 36.1 Å². The molecule has 0 spiro atoms. The van der Waals surface area contributed by atoms with Gasteiger partial charge >= 0.3 is 0 Å². The van der Waals surface area contributed by atoms with E-state index in [-0.39, 0.29) is 11.8 Å². The third-order valence-corrected chi connectivity index (χ3v) is 6.68. The summed E-state index contributed by atoms with van der Waals surface area (Å²) < 4.78 is 7.53. The molecular weight excluding hydrogens is 440 g/mol. The number of amides is 1. The monoisotopic (exact) mass is 470 g/mol. The van der Waals surface area contributed by atoms with Crippen LogP contribution in [0, 0.1) is 19.8 Å². The highest BCUT2D eigenvalue weighted by molar-refractivity contribution is 5.78. The number of hydrogen-bond acceptors (Lipinski definition) is 6. The summed E-state index contributed by atoms with van der Waals surface area (Å²) in [5, 5.41) is 7.26. The maximum atomic E-state index is 12.7. The summed E-state index contributed by atoms with van der Waals surface area (Å²) in [5.41, 5.74) is 4.26. The first-order chi connectivity index (χ1) is 17.1. The number of carbonyl (C=O) groups is 1. The van der Waals surface area contributed by atoms with Gasteiger partial charge in [0.05, 0.1) is 6.54 Å². The second-order valence-electron chi connectivity index (χ2n) is 9.11. The molecule has 0 radical (unpaired) electrons. The zero-order valence-corrected chi connectivity index (χ0v) is 20.1. The smallest absolute Gasteiger partial charge is 0.241 e. The van der Waals surface area contributed by atoms with Crippen molar-refractivity contribution in [1.29, 1.82) is 0 Å². The van der Waals surface area contributed by atoms with E-state index in [1.807, 2.05) is 61.0 Å². The van der Waals surface area contributed by atoms with Gasteiger partial charge in [0.2, 0.25) is 17.6 Å². The minimum absolute atomic E-state index is 0.0318. The molecule has 1 amide bonds. The highest BCUT2D eigenvalue weighted by Crippen LogP contribution is 2.22. The summed E-state index contributed by atoms with van der Waals surface area (Å²) in [7, 11) is 0. The van der Waals surface area contributed by atoms with Crippen molar-refractivity contribution in [2.45, 2.75) is 39.8 Å². The SMILES string of the molecule is Cc1ccccc1-c1noc(CN2CCC(C(=O)NCc3ccc(-n4ccnc4C)cc3)CC2)n1. The summed E-state index contributed by atoms with van der Waals surface area (Å²) in [4.78, 5) is 23.9. The highest BCUT2D eigenvalue weighted by atomic mass is 16.5. The molecule has 0 atom stereocenters. The molecule has 1 saturated heterocycles. The molecule has 2 aromatic carbocycles. The molecule has 8 nitrogen and oxygen atoms in total. The lowest BCUT2D eigenvalue weighted by Crippen LogP contribution is -2.40. The second kappa shape index (κ2) is 10.2. The molecule has 1 N–H and O–H groups in total. The predicted molar refractivity (Wildman–Crippen MR) is 133 cm³/mol. The Bertz CT molecular complexity index is 1290. The molecule has 3 heterocycles. The van der Waals surface area contributed by atoms with E-state index in [2.05, 4.69) is 37.5 Å². The van der Waals surface area contributed by atoms with Gasteiger partial charge in [0.1, 0.15) is 5.82 Å². The molecule has 180 valence electrons. The summed E-state index contributed by atoms with van der Waals surface area (Å²) in [6.45, 7) is 6.82. The van der Waals surface area contributed by atoms with Crippen molar-refractivity contribution in [3.8, 4) is 17.1 Å². The molecule has 1 aliphatic heterocycles. The number of imidazole rings is 1. The average molecular weight is 471 g/mol. The Morgan fingerprint density at radius 1 is 1.09 bits per heavy atom. The molecule has 1 aliphatic rings. The van der Waals surface area contributed by atoms with E-state index < -0.39 is 0 Å². The molecule has 2 aromatic heterocycles. The zero-order valence-electron chi connectivity index (χ0n) is 20.1. The number of hydrogen-bond donors (Lipinski definition) is 1. The van der Waals surface area contributed by atoms with Gasteiger partial charge in [-0.1, -0.05) is 41.6 Å². The molecule has 35 heavy (non-hydrogen) atoms. The Kier molecular flexibility index (Phi) is 6.72. The number of nitrogens with zero attached hydrogens (tertiary/aromatic N) is 5. The van der Waals surface area contributed by atoms with Gasteiger partial charge in [0.25, 0.3) is 0 Å². The van der Waals surface area contributed by atoms with Crippen molar-refractivity contribution in [2.75, 3.05) is 13.1 Å². The lowest BCUT2D eigenvalue weighted by atomic mass is 9.96. The van der Waals surface area contributed by atoms with Crippen molar-refractivity contribution in [3.63, 3.8) is 0 Å². The van der Waals surface area contributed by atoms with E-state index in [0.717, 1.165) is 54.1 Å². The number of likely N-dealkylation sites (tertiary alicyclic amines) is 1. The van der Waals surface area contributed by atoms with Crippen LogP contribution in [0.3, 0.4) is 0 Å². The van der Waals surface area contributed by atoms with Crippen molar-refractivity contribution in [2.24, 2.45) is 5.92 Å². The Morgan fingerprint density at radius 2 is 1.86 bits per heavy atom. The van der Waals surface area contributed by atoms with Crippen molar-refractivity contribution in [3.05, 3.63) is 83.8 Å². The first-order valence-corrected chi connectivity index (χ1v) is 12.0. The summed E-state index contributed by atoms with van der Waals surface area (Å²) in [6.07, 6.45) is 5.38. The van der Waals surface area contributed by atoms with E-state index in [0.29, 0.717) is 24.8 Å². The topological polar surface area (TPSA) is 89.1 Å². The van der Waals surface area contributed by atoms with Gasteiger partial charge < -0.3 is 14.4 Å². The minimum Gasteiger partial charge on any atom is -0.352 e. The largest absolute Gasteiger partial charge is 0.352 e. The fourth-order valence-corrected chi connectivity index (χ4v) is 4.56. The van der Waals surface area contributed by atoms with Crippen LogP contribution in [0.2, 0.25) is 0 Å². The van der Waals surface area contributed by atoms with Crippen molar-refractivity contribution < 1.29 is 9.32 Å². The molecular formula is C27H30N6O2. The first kappa shape index (κ1) is 23.0. The predicted octanol–water partition coefficient (Wildman–Crippen LogP) is 4.07. The van der Waals surface area contributed by atoms with Gasteiger partial charge in [-0.15, -0.1) is 0 Å². The van der Waals surface area contributed by atoms with E-state index >= 15 is 0 Å². The van der Waals surface area contributed by atoms with Crippen LogP contribution in [0.5, 0.6) is 0 Å². The summed E-state index contributed by atoms with van der Waals surface area (Å²) in [5.74, 6) is 2.34. The van der Waals surface area contributed by atoms with Crippen LogP contribution in [0.4, 0.5) is 0 Å². The summed E-state index contributed by atoms with van der Waals surface area (Å²) in [6, 6.07) is 16.2. The van der Waals surface area contributed by atoms with Crippen LogP contribution < -0.4 is 5.32 Å². The van der Waals surface area contributed by atoms with E-state index in [9.17, 15) is 4.79 Å². The molecule has 8 heteroatoms. The van der Waals surface area contributed by atoms with Crippen LogP contribution in [0.1, 0.15) is 35.7 Å². The second-order valence-corrected chi connectivity index (χ2v) is 9.11. The average Bonchev–Trinajstić information content (AvgIpc) is 3.52. The van der Waals surface area contributed by atoms with Crippen LogP contribution in [0.25, 0.3) is 17.1 Å². The first-order valence-electron chi connectivity index (χ1n) is 12.0. The maximum absolute atomic E-state index is 12.7. The standard InChI is InChI=1S/C27H30N6O2/c1-19-5-3-4-6-24(19)26-30-25(35-31-26)18-32-14-11-22(12-15-32)27(34)29-17-21-7-9-23(10-8-21)33-16-13-28-20(33)2/h3-10,13,16,22H,11-12,14-15,17-18H2,1-2H3,(H,29,34). The van der Waals surface area contributed by atoms with Gasteiger partial charge in [-0.2, -0.15) is 4.98 Å². The Morgan fingerprint density at radius 3 is 2.57 bits per heavy atom. The van der Waals surface area contributed by atoms with Crippen molar-refractivity contribution >= 4 is 5.91 Å². The van der Waals surface area contributed by atoms with Crippen LogP contribution in [-0.4, -0.2) is 43.6 Å². The molecule has 5 rings (SSSR count). The third kappa shape index (κ3) is 5.33. The van der Waals surface area contributed by atoms with Crippen LogP contribution in [-0.2, 0) is 17.9 Å². The zero-order chi connectivity index (χ0) is 24.2. The third-order valence-electron chi connectivity index (χ3n) is 6.68. The molecule has 0 bridgehead atoms. The Balaban J connectivity index is 1.08. The van der Waals surface area contributed by atoms with Gasteiger partial charge in [-0.3, -0.25) is 9.69 Å². The number of benzene rings is 2. The van der Waals surface area contributed by atoms with E-state index in [4.69, 9.17) is 4.52 Å². The number of aryl methyl sites for hydroxylation is 2. The Labute approximate surface area is 205 Å². The highest BCUT2D eigenvalue weighted by Gasteiger charge is 2.26. The lowest BCUT2D eigenvalue weighted by molar-refractivity contribution is -0.126. The number of aromatic nitrogens is 4. The van der Waals surface area contributed by atoms with Crippen LogP contribution in [0.15, 0.2) is 65.4 Å². The maximum Gasteiger partial charge on any atom is 0.241 e. The lowest BCUT2D eigenvalue weighted by Gasteiger charge is -2.30. The fraction of sp³-hybridized carbons (Fsp3) is 0.333. The summed E-state index contributed by atoms with van der Waals surface area (Å²) >= 11 is 0. The molecule has 0 saturated carbocycles. The normalized spacial score (nSPS) is 14.8. The van der Waals surface area contributed by atoms with Crippen LogP contribution >= 0.6 is 0 Å². The molecule has 4 aromatic rings. The van der Waals surface area contributed by atoms with Crippen molar-refractivity contribution in [1.82, 2.24) is 29.9 Å². The fourth-order valence-electron chi connectivity index (χ4n) is 4.56. The minimum atomic E-state index is 0.0318. The number of nitrogens with one attached hydrogen (secondary N) is 1. The van der Waals surface area contributed by atoms with Gasteiger partial charge in [-0.25, -0.2) is 4.98 Å². The van der Waals surface area contributed by atoms with E-state index in [1.54, 1.807) is 6.20 Å². The number of rotatable bonds is 7.